The van der Waals surface area contributed by atoms with Crippen molar-refractivity contribution in [2.24, 2.45) is 7.05 Å². The fraction of sp³-hybridized carbons (Fsp3) is 0.273. The summed E-state index contributed by atoms with van der Waals surface area (Å²) in [5.41, 5.74) is 2.93. The molecule has 1 aliphatic rings. The molecule has 0 aliphatic heterocycles. The van der Waals surface area contributed by atoms with Crippen LogP contribution in [0.5, 0.6) is 0 Å². The largest absolute Gasteiger partial charge is 0.357 e. The molecule has 7 nitrogen and oxygen atoms in total. The van der Waals surface area contributed by atoms with Crippen molar-refractivity contribution in [1.82, 2.24) is 25.6 Å². The number of benzene rings is 2. The van der Waals surface area contributed by atoms with Crippen molar-refractivity contribution in [1.29, 1.82) is 0 Å². The first-order valence-electron chi connectivity index (χ1n) is 9.58. The highest BCUT2D eigenvalue weighted by Crippen LogP contribution is 2.49. The molecule has 4 rings (SSSR count). The lowest BCUT2D eigenvalue weighted by atomic mass is 9.92. The van der Waals surface area contributed by atoms with E-state index in [2.05, 4.69) is 20.9 Å². The number of aromatic nitrogens is 3. The van der Waals surface area contributed by atoms with Gasteiger partial charge in [0.25, 0.3) is 0 Å². The molecule has 1 aromatic heterocycles. The first-order chi connectivity index (χ1) is 14.0. The van der Waals surface area contributed by atoms with Gasteiger partial charge in [0.2, 0.25) is 11.8 Å². The van der Waals surface area contributed by atoms with E-state index in [-0.39, 0.29) is 11.8 Å². The number of carbonyl (C=O) groups excluding carboxylic acids is 2. The molecular formula is C22H23N5O2. The van der Waals surface area contributed by atoms with Crippen molar-refractivity contribution in [3.8, 4) is 11.3 Å². The quantitative estimate of drug-likeness (QED) is 0.676. The normalized spacial score (nSPS) is 15.4. The SMILES string of the molecule is CNC(=O)C(NC(=O)C1(c2cccc(-c3cnnn3C)c2)CC1)c1ccccc1. The molecule has 2 aromatic carbocycles. The van der Waals surface area contributed by atoms with Gasteiger partial charge in [0.1, 0.15) is 6.04 Å². The van der Waals surface area contributed by atoms with Gasteiger partial charge >= 0.3 is 0 Å². The number of aryl methyl sites for hydroxylation is 1. The summed E-state index contributed by atoms with van der Waals surface area (Å²) in [6.07, 6.45) is 3.21. The van der Waals surface area contributed by atoms with Crippen LogP contribution in [-0.2, 0) is 22.1 Å². The Bertz CT molecular complexity index is 1040. The Morgan fingerprint density at radius 3 is 2.48 bits per heavy atom. The Hall–Kier alpha value is -3.48. The van der Waals surface area contributed by atoms with Gasteiger partial charge in [-0.3, -0.25) is 9.59 Å². The Labute approximate surface area is 169 Å². The Morgan fingerprint density at radius 2 is 1.86 bits per heavy atom. The van der Waals surface area contributed by atoms with E-state index < -0.39 is 11.5 Å². The predicted octanol–water partition coefficient (Wildman–Crippen LogP) is 2.12. The fourth-order valence-corrected chi connectivity index (χ4v) is 3.66. The molecule has 2 amide bonds. The number of carbonyl (C=O) groups is 2. The number of nitrogens with one attached hydrogen (secondary N) is 2. The van der Waals surface area contributed by atoms with Gasteiger partial charge in [-0.2, -0.15) is 0 Å². The molecule has 0 spiro atoms. The monoisotopic (exact) mass is 389 g/mol. The van der Waals surface area contributed by atoms with Crippen molar-refractivity contribution >= 4 is 11.8 Å². The lowest BCUT2D eigenvalue weighted by Gasteiger charge is -2.22. The maximum Gasteiger partial charge on any atom is 0.246 e. The van der Waals surface area contributed by atoms with Crippen LogP contribution >= 0.6 is 0 Å². The third-order valence-corrected chi connectivity index (χ3v) is 5.53. The smallest absolute Gasteiger partial charge is 0.246 e. The average Bonchev–Trinajstić information content (AvgIpc) is 3.47. The second-order valence-corrected chi connectivity index (χ2v) is 7.34. The maximum atomic E-state index is 13.3. The van der Waals surface area contributed by atoms with E-state index >= 15 is 0 Å². The molecule has 2 N–H and O–H groups in total. The molecule has 0 saturated heterocycles. The first-order valence-corrected chi connectivity index (χ1v) is 9.58. The number of likely N-dealkylation sites (N-methyl/N-ethyl adjacent to an activating group) is 1. The molecule has 0 radical (unpaired) electrons. The van der Waals surface area contributed by atoms with Crippen LogP contribution in [0, 0.1) is 0 Å². The zero-order valence-corrected chi connectivity index (χ0v) is 16.4. The van der Waals surface area contributed by atoms with Crippen LogP contribution < -0.4 is 10.6 Å². The minimum absolute atomic E-state index is 0.129. The number of rotatable bonds is 6. The van der Waals surface area contributed by atoms with E-state index in [0.717, 1.165) is 35.2 Å². The summed E-state index contributed by atoms with van der Waals surface area (Å²) >= 11 is 0. The Kier molecular flexibility index (Phi) is 4.88. The molecule has 1 heterocycles. The summed E-state index contributed by atoms with van der Waals surface area (Å²) in [6, 6.07) is 16.5. The zero-order chi connectivity index (χ0) is 20.4. The molecule has 3 aromatic rings. The Morgan fingerprint density at radius 1 is 1.10 bits per heavy atom. The minimum Gasteiger partial charge on any atom is -0.357 e. The van der Waals surface area contributed by atoms with Crippen LogP contribution in [-0.4, -0.2) is 33.9 Å². The van der Waals surface area contributed by atoms with E-state index in [0.29, 0.717) is 0 Å². The summed E-state index contributed by atoms with van der Waals surface area (Å²) < 4.78 is 1.70. The van der Waals surface area contributed by atoms with Crippen molar-refractivity contribution in [2.45, 2.75) is 24.3 Å². The molecule has 1 fully saturated rings. The molecule has 148 valence electrons. The molecule has 1 unspecified atom stereocenters. The molecule has 0 bridgehead atoms. The minimum atomic E-state index is -0.726. The van der Waals surface area contributed by atoms with Crippen molar-refractivity contribution in [3.63, 3.8) is 0 Å². The van der Waals surface area contributed by atoms with E-state index in [4.69, 9.17) is 0 Å². The van der Waals surface area contributed by atoms with Crippen LogP contribution in [0.15, 0.2) is 60.8 Å². The average molecular weight is 389 g/mol. The van der Waals surface area contributed by atoms with Gasteiger partial charge < -0.3 is 10.6 Å². The van der Waals surface area contributed by atoms with E-state index in [1.54, 1.807) is 17.9 Å². The van der Waals surface area contributed by atoms with Crippen LogP contribution in [0.1, 0.15) is 30.0 Å². The summed E-state index contributed by atoms with van der Waals surface area (Å²) in [4.78, 5) is 25.7. The first kappa shape index (κ1) is 18.9. The Balaban J connectivity index is 1.62. The van der Waals surface area contributed by atoms with Crippen LogP contribution in [0.2, 0.25) is 0 Å². The number of hydrogen-bond acceptors (Lipinski definition) is 4. The van der Waals surface area contributed by atoms with Crippen molar-refractivity contribution in [3.05, 3.63) is 71.9 Å². The lowest BCUT2D eigenvalue weighted by Crippen LogP contribution is -2.43. The van der Waals surface area contributed by atoms with E-state index in [1.807, 2.05) is 61.6 Å². The highest BCUT2D eigenvalue weighted by atomic mass is 16.2. The molecule has 29 heavy (non-hydrogen) atoms. The van der Waals surface area contributed by atoms with Crippen LogP contribution in [0.4, 0.5) is 0 Å². The van der Waals surface area contributed by atoms with Gasteiger partial charge in [0, 0.05) is 19.7 Å². The standard InChI is InChI=1S/C22H23N5O2/c1-23-20(28)19(15-7-4-3-5-8-15)25-21(29)22(11-12-22)17-10-6-9-16(13-17)18-14-24-26-27(18)2/h3-10,13-14,19H,11-12H2,1-2H3,(H,23,28)(H,25,29). The van der Waals surface area contributed by atoms with Crippen LogP contribution in [0.3, 0.4) is 0 Å². The van der Waals surface area contributed by atoms with Gasteiger partial charge in [0.15, 0.2) is 0 Å². The summed E-state index contributed by atoms with van der Waals surface area (Å²) in [5.74, 6) is -0.370. The van der Waals surface area contributed by atoms with Crippen molar-refractivity contribution < 1.29 is 9.59 Å². The predicted molar refractivity (Wildman–Crippen MR) is 109 cm³/mol. The fourth-order valence-electron chi connectivity index (χ4n) is 3.66. The third-order valence-electron chi connectivity index (χ3n) is 5.53. The third kappa shape index (κ3) is 3.51. The summed E-state index contributed by atoms with van der Waals surface area (Å²) in [7, 11) is 3.41. The molecule has 1 atom stereocenters. The lowest BCUT2D eigenvalue weighted by molar-refractivity contribution is -0.130. The van der Waals surface area contributed by atoms with Gasteiger partial charge in [-0.25, -0.2) is 4.68 Å². The molecule has 7 heteroatoms. The zero-order valence-electron chi connectivity index (χ0n) is 16.4. The summed E-state index contributed by atoms with van der Waals surface area (Å²) in [5, 5.41) is 13.5. The second kappa shape index (κ2) is 7.50. The summed E-state index contributed by atoms with van der Waals surface area (Å²) in [6.45, 7) is 0. The maximum absolute atomic E-state index is 13.3. The van der Waals surface area contributed by atoms with Gasteiger partial charge in [-0.1, -0.05) is 53.7 Å². The topological polar surface area (TPSA) is 88.9 Å². The molecular weight excluding hydrogens is 366 g/mol. The van der Waals surface area contributed by atoms with Gasteiger partial charge in [-0.15, -0.1) is 5.10 Å². The second-order valence-electron chi connectivity index (χ2n) is 7.34. The van der Waals surface area contributed by atoms with E-state index in [1.165, 1.54) is 0 Å². The van der Waals surface area contributed by atoms with Gasteiger partial charge in [0.05, 0.1) is 17.3 Å². The molecule has 1 saturated carbocycles. The number of nitrogens with zero attached hydrogens (tertiary/aromatic N) is 3. The number of amides is 2. The van der Waals surface area contributed by atoms with Gasteiger partial charge in [-0.05, 0) is 30.0 Å². The van der Waals surface area contributed by atoms with Crippen molar-refractivity contribution in [2.75, 3.05) is 7.05 Å². The highest BCUT2D eigenvalue weighted by Gasteiger charge is 2.52. The van der Waals surface area contributed by atoms with Crippen LogP contribution in [0.25, 0.3) is 11.3 Å². The highest BCUT2D eigenvalue weighted by molar-refractivity contribution is 5.95. The number of hydrogen-bond donors (Lipinski definition) is 2. The van der Waals surface area contributed by atoms with E-state index in [9.17, 15) is 9.59 Å². The molecule has 1 aliphatic carbocycles.